The number of hydrogen-bond donors (Lipinski definition) is 1. The molecule has 1 saturated carbocycles. The molecule has 21 heavy (non-hydrogen) atoms. The van der Waals surface area contributed by atoms with E-state index in [1.807, 2.05) is 6.20 Å². The summed E-state index contributed by atoms with van der Waals surface area (Å²) in [5.74, 6) is 2.61. The second-order valence-corrected chi connectivity index (χ2v) is 8.18. The molecule has 4 nitrogen and oxygen atoms in total. The van der Waals surface area contributed by atoms with E-state index in [1.165, 1.54) is 24.8 Å². The van der Waals surface area contributed by atoms with Crippen LogP contribution in [0.2, 0.25) is 0 Å². The largest absolute Gasteiger partial charge is 0.377 e. The van der Waals surface area contributed by atoms with Crippen LogP contribution in [-0.4, -0.2) is 30.0 Å². The Morgan fingerprint density at radius 2 is 2.05 bits per heavy atom. The van der Waals surface area contributed by atoms with E-state index in [1.54, 1.807) is 0 Å². The summed E-state index contributed by atoms with van der Waals surface area (Å²) in [5, 5.41) is 7.90. The van der Waals surface area contributed by atoms with Crippen molar-refractivity contribution in [2.24, 2.45) is 11.8 Å². The van der Waals surface area contributed by atoms with Crippen molar-refractivity contribution in [1.29, 1.82) is 0 Å². The molecule has 1 aromatic rings. The first-order chi connectivity index (χ1) is 9.98. The van der Waals surface area contributed by atoms with E-state index < -0.39 is 0 Å². The predicted octanol–water partition coefficient (Wildman–Crippen LogP) is 2.67. The van der Waals surface area contributed by atoms with Gasteiger partial charge in [-0.15, -0.1) is 0 Å². The first kappa shape index (κ1) is 13.8. The maximum absolute atomic E-state index is 5.57. The molecule has 2 fully saturated rings. The smallest absolute Gasteiger partial charge is 0.145 e. The molecule has 3 unspecified atom stereocenters. The number of aromatic nitrogens is 1. The third kappa shape index (κ3) is 2.15. The normalized spacial score (nSPS) is 36.4. The fourth-order valence-corrected chi connectivity index (χ4v) is 4.94. The van der Waals surface area contributed by atoms with E-state index >= 15 is 0 Å². The lowest BCUT2D eigenvalue weighted by atomic mass is 9.58. The number of rotatable bonds is 2. The zero-order chi connectivity index (χ0) is 14.7. The van der Waals surface area contributed by atoms with Crippen molar-refractivity contribution in [1.82, 2.24) is 10.5 Å². The molecule has 2 aliphatic carbocycles. The number of nitrogens with one attached hydrogen (secondary N) is 1. The summed E-state index contributed by atoms with van der Waals surface area (Å²) in [5.41, 5.74) is 1.67. The minimum absolute atomic E-state index is 0.128. The van der Waals surface area contributed by atoms with E-state index in [4.69, 9.17) is 9.26 Å². The Labute approximate surface area is 126 Å². The van der Waals surface area contributed by atoms with Crippen molar-refractivity contribution in [3.05, 3.63) is 17.5 Å². The molecule has 0 aromatic carbocycles. The molecule has 1 aromatic heterocycles. The van der Waals surface area contributed by atoms with Crippen LogP contribution in [0.4, 0.5) is 0 Å². The van der Waals surface area contributed by atoms with Crippen LogP contribution < -0.4 is 5.32 Å². The molecule has 2 heterocycles. The molecule has 0 spiro atoms. The van der Waals surface area contributed by atoms with Gasteiger partial charge in [0, 0.05) is 17.0 Å². The summed E-state index contributed by atoms with van der Waals surface area (Å²) in [6, 6.07) is 0.636. The van der Waals surface area contributed by atoms with Crippen LogP contribution in [0.3, 0.4) is 0 Å². The van der Waals surface area contributed by atoms with Crippen LogP contribution in [0.5, 0.6) is 0 Å². The average molecular weight is 290 g/mol. The Hall–Kier alpha value is -0.870. The molecule has 3 aliphatic rings. The molecule has 1 aliphatic heterocycles. The van der Waals surface area contributed by atoms with Gasteiger partial charge in [0.2, 0.25) is 0 Å². The third-order valence-corrected chi connectivity index (χ3v) is 6.01. The summed E-state index contributed by atoms with van der Waals surface area (Å²) in [6.07, 6.45) is 6.90. The van der Waals surface area contributed by atoms with E-state index in [0.717, 1.165) is 37.2 Å². The highest BCUT2D eigenvalue weighted by Crippen LogP contribution is 2.50. The van der Waals surface area contributed by atoms with Gasteiger partial charge >= 0.3 is 0 Å². The van der Waals surface area contributed by atoms with Crippen LogP contribution in [0.1, 0.15) is 51.4 Å². The highest BCUT2D eigenvalue weighted by atomic mass is 16.5. The molecular weight excluding hydrogens is 264 g/mol. The summed E-state index contributed by atoms with van der Waals surface area (Å²) in [7, 11) is 0. The number of ether oxygens (including phenoxy) is 1. The number of fused-ring (bicyclic) bond motifs is 2. The van der Waals surface area contributed by atoms with Crippen molar-refractivity contribution in [2.45, 2.75) is 63.5 Å². The van der Waals surface area contributed by atoms with Gasteiger partial charge in [0.25, 0.3) is 0 Å². The topological polar surface area (TPSA) is 47.3 Å². The average Bonchev–Trinajstić information content (AvgIpc) is 2.86. The van der Waals surface area contributed by atoms with Gasteiger partial charge < -0.3 is 14.6 Å². The van der Waals surface area contributed by atoms with Crippen LogP contribution in [0, 0.1) is 11.8 Å². The lowest BCUT2D eigenvalue weighted by Gasteiger charge is -2.49. The SMILES string of the molecule is CC1(NC2CCC3C(Cc4cnoc4C3(C)C)C2)COC1. The zero-order valence-electron chi connectivity index (χ0n) is 13.3. The van der Waals surface area contributed by atoms with Crippen LogP contribution in [-0.2, 0) is 16.6 Å². The predicted molar refractivity (Wildman–Crippen MR) is 80.2 cm³/mol. The summed E-state index contributed by atoms with van der Waals surface area (Å²) in [6.45, 7) is 8.68. The molecule has 0 radical (unpaired) electrons. The van der Waals surface area contributed by atoms with Crippen molar-refractivity contribution in [2.75, 3.05) is 13.2 Å². The Balaban J connectivity index is 1.52. The summed E-state index contributed by atoms with van der Waals surface area (Å²) < 4.78 is 10.9. The highest BCUT2D eigenvalue weighted by Gasteiger charge is 2.48. The van der Waals surface area contributed by atoms with Gasteiger partial charge in [-0.2, -0.15) is 0 Å². The molecule has 1 N–H and O–H groups in total. The fraction of sp³-hybridized carbons (Fsp3) is 0.824. The molecule has 4 heteroatoms. The van der Waals surface area contributed by atoms with Crippen LogP contribution >= 0.6 is 0 Å². The second kappa shape index (κ2) is 4.56. The molecule has 4 rings (SSSR count). The van der Waals surface area contributed by atoms with Gasteiger partial charge in [-0.25, -0.2) is 0 Å². The van der Waals surface area contributed by atoms with E-state index in [0.29, 0.717) is 6.04 Å². The first-order valence-electron chi connectivity index (χ1n) is 8.27. The van der Waals surface area contributed by atoms with E-state index in [-0.39, 0.29) is 11.0 Å². The highest BCUT2D eigenvalue weighted by molar-refractivity contribution is 5.28. The fourth-order valence-electron chi connectivity index (χ4n) is 4.94. The van der Waals surface area contributed by atoms with Crippen LogP contribution in [0.15, 0.2) is 10.7 Å². The lowest BCUT2D eigenvalue weighted by molar-refractivity contribution is -0.0745. The van der Waals surface area contributed by atoms with Crippen LogP contribution in [0.25, 0.3) is 0 Å². The Morgan fingerprint density at radius 1 is 1.24 bits per heavy atom. The molecule has 3 atom stereocenters. The summed E-state index contributed by atoms with van der Waals surface area (Å²) >= 11 is 0. The monoisotopic (exact) mass is 290 g/mol. The minimum atomic E-state index is 0.128. The van der Waals surface area contributed by atoms with Gasteiger partial charge in [0.1, 0.15) is 5.76 Å². The molecule has 0 bridgehead atoms. The van der Waals surface area contributed by atoms with Crippen molar-refractivity contribution < 1.29 is 9.26 Å². The number of hydrogen-bond acceptors (Lipinski definition) is 4. The first-order valence-corrected chi connectivity index (χ1v) is 8.27. The third-order valence-electron chi connectivity index (χ3n) is 6.01. The maximum atomic E-state index is 5.57. The lowest BCUT2D eigenvalue weighted by Crippen LogP contribution is -2.62. The van der Waals surface area contributed by atoms with Gasteiger partial charge in [-0.1, -0.05) is 19.0 Å². The Bertz CT molecular complexity index is 533. The van der Waals surface area contributed by atoms with Gasteiger partial charge in [-0.05, 0) is 44.4 Å². The minimum Gasteiger partial charge on any atom is -0.377 e. The number of nitrogens with zero attached hydrogens (tertiary/aromatic N) is 1. The van der Waals surface area contributed by atoms with E-state index in [2.05, 4.69) is 31.2 Å². The van der Waals surface area contributed by atoms with E-state index in [9.17, 15) is 0 Å². The van der Waals surface area contributed by atoms with Crippen molar-refractivity contribution >= 4 is 0 Å². The maximum Gasteiger partial charge on any atom is 0.145 e. The standard InChI is InChI=1S/C17H26N2O2/c1-16(2)14-5-4-13(19-17(3)9-20-10-17)7-11(14)6-12-8-18-21-15(12)16/h8,11,13-14,19H,4-7,9-10H2,1-3H3. The second-order valence-electron chi connectivity index (χ2n) is 8.18. The van der Waals surface area contributed by atoms with Crippen molar-refractivity contribution in [3.8, 4) is 0 Å². The summed E-state index contributed by atoms with van der Waals surface area (Å²) in [4.78, 5) is 0. The quantitative estimate of drug-likeness (QED) is 0.909. The molecule has 0 amide bonds. The van der Waals surface area contributed by atoms with Gasteiger partial charge in [0.15, 0.2) is 0 Å². The Kier molecular flexibility index (Phi) is 2.99. The zero-order valence-corrected chi connectivity index (χ0v) is 13.3. The van der Waals surface area contributed by atoms with Crippen molar-refractivity contribution in [3.63, 3.8) is 0 Å². The Morgan fingerprint density at radius 3 is 2.76 bits per heavy atom. The molecule has 1 saturated heterocycles. The molecule has 116 valence electrons. The van der Waals surface area contributed by atoms with Gasteiger partial charge in [0.05, 0.1) is 24.9 Å². The van der Waals surface area contributed by atoms with Gasteiger partial charge in [-0.3, -0.25) is 0 Å². The molecular formula is C17H26N2O2.